The zero-order valence-corrected chi connectivity index (χ0v) is 6.83. The predicted molar refractivity (Wildman–Crippen MR) is 48.3 cm³/mol. The molecule has 0 bridgehead atoms. The highest BCUT2D eigenvalue weighted by atomic mass is 15.1. The summed E-state index contributed by atoms with van der Waals surface area (Å²) in [6.45, 7) is 0.904. The van der Waals surface area contributed by atoms with E-state index in [9.17, 15) is 0 Å². The first-order valence-electron chi connectivity index (χ1n) is 4.02. The minimum absolute atomic E-state index is 0.389. The summed E-state index contributed by atoms with van der Waals surface area (Å²) in [5.74, 6) is 0.389. The van der Waals surface area contributed by atoms with E-state index in [0.717, 1.165) is 18.7 Å². The largest absolute Gasteiger partial charge is 0.346 e. The van der Waals surface area contributed by atoms with Gasteiger partial charge in [0, 0.05) is 6.42 Å². The highest BCUT2D eigenvalue weighted by Gasteiger charge is 2.18. The van der Waals surface area contributed by atoms with Crippen molar-refractivity contribution in [1.82, 2.24) is 0 Å². The van der Waals surface area contributed by atoms with Crippen molar-refractivity contribution in [2.45, 2.75) is 6.42 Å². The zero-order valence-electron chi connectivity index (χ0n) is 6.83. The van der Waals surface area contributed by atoms with Crippen molar-refractivity contribution in [3.63, 3.8) is 0 Å². The van der Waals surface area contributed by atoms with Crippen molar-refractivity contribution in [3.05, 3.63) is 29.8 Å². The molecule has 0 saturated heterocycles. The molecule has 4 N–H and O–H groups in total. The minimum atomic E-state index is 0.389. The molecular formula is C9H12N3+. The summed E-state index contributed by atoms with van der Waals surface area (Å²) < 4.78 is 1.94. The second-order valence-corrected chi connectivity index (χ2v) is 2.96. The Hall–Kier alpha value is -1.51. The van der Waals surface area contributed by atoms with Gasteiger partial charge < -0.3 is 0 Å². The van der Waals surface area contributed by atoms with Crippen LogP contribution in [0.15, 0.2) is 24.3 Å². The van der Waals surface area contributed by atoms with Crippen LogP contribution in [0.1, 0.15) is 5.56 Å². The predicted octanol–water partition coefficient (Wildman–Crippen LogP) is 0.160. The molecule has 0 saturated carbocycles. The summed E-state index contributed by atoms with van der Waals surface area (Å²) in [6.07, 6.45) is 1.04. The molecule has 12 heavy (non-hydrogen) atoms. The monoisotopic (exact) mass is 162 g/mol. The topological polar surface area (TPSA) is 55.0 Å². The van der Waals surface area contributed by atoms with Gasteiger partial charge in [0.2, 0.25) is 0 Å². The Morgan fingerprint density at radius 3 is 2.75 bits per heavy atom. The van der Waals surface area contributed by atoms with Gasteiger partial charge in [-0.2, -0.15) is 0 Å². The summed E-state index contributed by atoms with van der Waals surface area (Å²) in [4.78, 5) is 0. The molecule has 2 rings (SSSR count). The van der Waals surface area contributed by atoms with E-state index in [4.69, 9.17) is 11.5 Å². The normalized spacial score (nSPS) is 14.5. The lowest BCUT2D eigenvalue weighted by Gasteiger charge is -1.99. The molecule has 0 fully saturated rings. The van der Waals surface area contributed by atoms with Crippen LogP contribution >= 0.6 is 0 Å². The van der Waals surface area contributed by atoms with Crippen molar-refractivity contribution in [2.24, 2.45) is 11.5 Å². The Labute approximate surface area is 71.3 Å². The summed E-state index contributed by atoms with van der Waals surface area (Å²) >= 11 is 0. The van der Waals surface area contributed by atoms with Crippen LogP contribution in [0.5, 0.6) is 0 Å². The minimum Gasteiger partial charge on any atom is -0.291 e. The third-order valence-corrected chi connectivity index (χ3v) is 2.20. The number of nitrogens with zero attached hydrogens (tertiary/aromatic N) is 1. The molecule has 0 atom stereocenters. The molecule has 0 spiro atoms. The Morgan fingerprint density at radius 1 is 1.25 bits per heavy atom. The van der Waals surface area contributed by atoms with E-state index >= 15 is 0 Å². The molecule has 0 amide bonds. The van der Waals surface area contributed by atoms with E-state index < -0.39 is 0 Å². The van der Waals surface area contributed by atoms with Gasteiger partial charge in [-0.1, -0.05) is 18.2 Å². The molecule has 1 aliphatic heterocycles. The van der Waals surface area contributed by atoms with Crippen molar-refractivity contribution in [2.75, 3.05) is 6.54 Å². The summed E-state index contributed by atoms with van der Waals surface area (Å²) in [7, 11) is 0. The Bertz CT molecular complexity index is 337. The highest BCUT2D eigenvalue weighted by Crippen LogP contribution is 2.24. The van der Waals surface area contributed by atoms with E-state index in [1.165, 1.54) is 5.56 Å². The van der Waals surface area contributed by atoms with Crippen molar-refractivity contribution < 1.29 is 4.58 Å². The molecule has 0 aromatic heterocycles. The van der Waals surface area contributed by atoms with Gasteiger partial charge in [-0.3, -0.25) is 11.5 Å². The van der Waals surface area contributed by atoms with Gasteiger partial charge in [0.25, 0.3) is 0 Å². The van der Waals surface area contributed by atoms with Crippen LogP contribution in [-0.4, -0.2) is 17.1 Å². The Morgan fingerprint density at radius 2 is 2.00 bits per heavy atom. The van der Waals surface area contributed by atoms with Gasteiger partial charge in [0.05, 0.1) is 6.54 Å². The van der Waals surface area contributed by atoms with Crippen LogP contribution in [0, 0.1) is 0 Å². The molecular weight excluding hydrogens is 150 g/mol. The van der Waals surface area contributed by atoms with Gasteiger partial charge in [0.1, 0.15) is 5.69 Å². The first kappa shape index (κ1) is 7.16. The van der Waals surface area contributed by atoms with Gasteiger partial charge in [0.15, 0.2) is 0 Å². The number of nitrogens with two attached hydrogens (primary N) is 2. The number of rotatable bonds is 0. The standard InChI is InChI=1S/C9H11N3/c10-9(11)12-6-5-7-3-1-2-4-8(7)12/h1-4H,5-6H2,(H3,10,11)/p+1. The van der Waals surface area contributed by atoms with Crippen LogP contribution < -0.4 is 11.5 Å². The van der Waals surface area contributed by atoms with Crippen molar-refractivity contribution >= 4 is 11.6 Å². The summed E-state index contributed by atoms with van der Waals surface area (Å²) in [6, 6.07) is 8.19. The highest BCUT2D eigenvalue weighted by molar-refractivity contribution is 5.72. The van der Waals surface area contributed by atoms with E-state index in [1.807, 2.05) is 22.8 Å². The Kier molecular flexibility index (Phi) is 1.50. The van der Waals surface area contributed by atoms with Gasteiger partial charge in [-0.15, -0.1) is 0 Å². The van der Waals surface area contributed by atoms with Crippen molar-refractivity contribution in [3.8, 4) is 0 Å². The zero-order chi connectivity index (χ0) is 8.55. The lowest BCUT2D eigenvalue weighted by molar-refractivity contribution is -0.431. The SMILES string of the molecule is NC(N)=[N+]1CCc2ccccc21. The number of hydrogen-bond acceptors (Lipinski definition) is 0. The molecule has 1 aromatic carbocycles. The third-order valence-electron chi connectivity index (χ3n) is 2.20. The molecule has 1 aromatic rings. The van der Waals surface area contributed by atoms with Crippen LogP contribution in [0.25, 0.3) is 0 Å². The number of para-hydroxylation sites is 1. The average Bonchev–Trinajstić information content (AvgIpc) is 2.47. The molecule has 3 nitrogen and oxygen atoms in total. The maximum atomic E-state index is 5.53. The van der Waals surface area contributed by atoms with Crippen LogP contribution in [0.2, 0.25) is 0 Å². The molecule has 62 valence electrons. The van der Waals surface area contributed by atoms with E-state index in [0.29, 0.717) is 5.96 Å². The van der Waals surface area contributed by atoms with Crippen molar-refractivity contribution in [1.29, 1.82) is 0 Å². The van der Waals surface area contributed by atoms with E-state index in [2.05, 4.69) is 6.07 Å². The Balaban J connectivity index is 2.57. The molecule has 1 heterocycles. The fraction of sp³-hybridized carbons (Fsp3) is 0.222. The molecule has 0 radical (unpaired) electrons. The number of guanidine groups is 1. The first-order valence-corrected chi connectivity index (χ1v) is 4.02. The van der Waals surface area contributed by atoms with Crippen LogP contribution in [-0.2, 0) is 6.42 Å². The molecule has 0 aliphatic carbocycles. The average molecular weight is 162 g/mol. The molecule has 0 unspecified atom stereocenters. The smallest absolute Gasteiger partial charge is 0.291 e. The summed E-state index contributed by atoms with van der Waals surface area (Å²) in [5, 5.41) is 0. The van der Waals surface area contributed by atoms with Gasteiger partial charge in [-0.05, 0) is 11.6 Å². The fourth-order valence-corrected chi connectivity index (χ4v) is 1.61. The van der Waals surface area contributed by atoms with E-state index in [-0.39, 0.29) is 0 Å². The first-order chi connectivity index (χ1) is 5.79. The lowest BCUT2D eigenvalue weighted by atomic mass is 10.2. The number of hydrogen-bond donors (Lipinski definition) is 2. The van der Waals surface area contributed by atoms with Crippen LogP contribution in [0.4, 0.5) is 5.69 Å². The summed E-state index contributed by atoms with van der Waals surface area (Å²) in [5.41, 5.74) is 13.5. The molecule has 3 heteroatoms. The third kappa shape index (κ3) is 0.942. The fourth-order valence-electron chi connectivity index (χ4n) is 1.61. The van der Waals surface area contributed by atoms with Gasteiger partial charge in [-0.25, -0.2) is 4.58 Å². The number of fused-ring (bicyclic) bond motifs is 1. The lowest BCUT2D eigenvalue weighted by Crippen LogP contribution is -2.32. The quantitative estimate of drug-likeness (QED) is 0.422. The number of benzene rings is 1. The maximum absolute atomic E-state index is 5.53. The van der Waals surface area contributed by atoms with Crippen LogP contribution in [0.3, 0.4) is 0 Å². The maximum Gasteiger partial charge on any atom is 0.346 e. The second-order valence-electron chi connectivity index (χ2n) is 2.96. The molecule has 1 aliphatic rings. The van der Waals surface area contributed by atoms with Gasteiger partial charge >= 0.3 is 5.96 Å². The second kappa shape index (κ2) is 2.52. The van der Waals surface area contributed by atoms with E-state index in [1.54, 1.807) is 0 Å².